The lowest BCUT2D eigenvalue weighted by Crippen LogP contribution is -2.24. The van der Waals surface area contributed by atoms with E-state index in [0.29, 0.717) is 0 Å². The van der Waals surface area contributed by atoms with E-state index in [9.17, 15) is 0 Å². The molecule has 1 heterocycles. The first-order valence-electron chi connectivity index (χ1n) is 7.03. The van der Waals surface area contributed by atoms with Crippen LogP contribution in [0.2, 0.25) is 0 Å². The number of hydrogen-bond donors (Lipinski definition) is 1. The molecule has 0 atom stereocenters. The minimum absolute atomic E-state index is 0.898. The summed E-state index contributed by atoms with van der Waals surface area (Å²) >= 11 is 0. The molecule has 3 heteroatoms. The van der Waals surface area contributed by atoms with Gasteiger partial charge in [0.25, 0.3) is 0 Å². The minimum atomic E-state index is 0.898. The van der Waals surface area contributed by atoms with Gasteiger partial charge in [0.1, 0.15) is 5.75 Å². The van der Waals surface area contributed by atoms with Gasteiger partial charge >= 0.3 is 0 Å². The van der Waals surface area contributed by atoms with Gasteiger partial charge < -0.3 is 15.4 Å². The zero-order valence-electron chi connectivity index (χ0n) is 11.8. The summed E-state index contributed by atoms with van der Waals surface area (Å²) in [4.78, 5) is 2.40. The molecule has 0 saturated heterocycles. The third kappa shape index (κ3) is 2.44. The Kier molecular flexibility index (Phi) is 3.50. The number of anilines is 2. The molecule has 0 fully saturated rings. The van der Waals surface area contributed by atoms with E-state index in [1.807, 2.05) is 24.3 Å². The molecular formula is C17H20N2O. The molecule has 2 N–H and O–H groups in total. The number of nitrogens with zero attached hydrogens (tertiary/aromatic N) is 1. The molecule has 2 aromatic carbocycles. The number of fused-ring (bicyclic) bond motifs is 1. The van der Waals surface area contributed by atoms with Crippen molar-refractivity contribution >= 4 is 11.4 Å². The fourth-order valence-electron chi connectivity index (χ4n) is 2.85. The van der Waals surface area contributed by atoms with Crippen LogP contribution in [0.1, 0.15) is 11.1 Å². The lowest BCUT2D eigenvalue weighted by atomic mass is 10.1. The molecule has 0 spiro atoms. The average molecular weight is 268 g/mol. The van der Waals surface area contributed by atoms with Crippen molar-refractivity contribution in [1.29, 1.82) is 0 Å². The van der Waals surface area contributed by atoms with Crippen LogP contribution < -0.4 is 15.4 Å². The van der Waals surface area contributed by atoms with Crippen LogP contribution in [0.25, 0.3) is 0 Å². The predicted octanol–water partition coefficient (Wildman–Crippen LogP) is 2.88. The number of para-hydroxylation sites is 1. The molecule has 2 aromatic rings. The van der Waals surface area contributed by atoms with Gasteiger partial charge in [0.2, 0.25) is 0 Å². The van der Waals surface area contributed by atoms with Crippen molar-refractivity contribution in [1.82, 2.24) is 0 Å². The van der Waals surface area contributed by atoms with Gasteiger partial charge in [0.15, 0.2) is 0 Å². The SMILES string of the molecule is COc1ccc(CCN2CCc3cccc(N)c32)cc1. The average Bonchev–Trinajstić information content (AvgIpc) is 2.90. The van der Waals surface area contributed by atoms with Crippen molar-refractivity contribution in [3.05, 3.63) is 53.6 Å². The fourth-order valence-corrected chi connectivity index (χ4v) is 2.85. The Morgan fingerprint density at radius 3 is 2.70 bits per heavy atom. The van der Waals surface area contributed by atoms with Crippen LogP contribution in [0.15, 0.2) is 42.5 Å². The molecule has 3 rings (SSSR count). The van der Waals surface area contributed by atoms with Crippen LogP contribution in [0.3, 0.4) is 0 Å². The Bertz CT molecular complexity index is 592. The van der Waals surface area contributed by atoms with E-state index in [4.69, 9.17) is 10.5 Å². The first-order valence-corrected chi connectivity index (χ1v) is 7.03. The summed E-state index contributed by atoms with van der Waals surface area (Å²) < 4.78 is 5.18. The molecule has 3 nitrogen and oxygen atoms in total. The number of ether oxygens (including phenoxy) is 1. The summed E-state index contributed by atoms with van der Waals surface area (Å²) in [5.41, 5.74) is 10.9. The molecule has 104 valence electrons. The zero-order chi connectivity index (χ0) is 13.9. The highest BCUT2D eigenvalue weighted by Gasteiger charge is 2.20. The van der Waals surface area contributed by atoms with Gasteiger partial charge in [-0.2, -0.15) is 0 Å². The third-order valence-electron chi connectivity index (χ3n) is 3.95. The van der Waals surface area contributed by atoms with E-state index in [0.717, 1.165) is 37.4 Å². The van der Waals surface area contributed by atoms with Gasteiger partial charge in [-0.1, -0.05) is 24.3 Å². The van der Waals surface area contributed by atoms with Crippen molar-refractivity contribution in [2.24, 2.45) is 0 Å². The number of rotatable bonds is 4. The van der Waals surface area contributed by atoms with Crippen LogP contribution in [0.4, 0.5) is 11.4 Å². The van der Waals surface area contributed by atoms with E-state index < -0.39 is 0 Å². The summed E-state index contributed by atoms with van der Waals surface area (Å²) in [7, 11) is 1.69. The van der Waals surface area contributed by atoms with Crippen molar-refractivity contribution < 1.29 is 4.74 Å². The highest BCUT2D eigenvalue weighted by molar-refractivity contribution is 5.74. The number of nitrogen functional groups attached to an aromatic ring is 1. The van der Waals surface area contributed by atoms with Crippen molar-refractivity contribution in [2.75, 3.05) is 30.8 Å². The number of benzene rings is 2. The summed E-state index contributed by atoms with van der Waals surface area (Å²) in [6.45, 7) is 2.08. The van der Waals surface area contributed by atoms with Crippen LogP contribution in [-0.2, 0) is 12.8 Å². The smallest absolute Gasteiger partial charge is 0.118 e. The largest absolute Gasteiger partial charge is 0.497 e. The van der Waals surface area contributed by atoms with Gasteiger partial charge in [0, 0.05) is 13.1 Å². The minimum Gasteiger partial charge on any atom is -0.497 e. The third-order valence-corrected chi connectivity index (χ3v) is 3.95. The lowest BCUT2D eigenvalue weighted by Gasteiger charge is -2.21. The number of hydrogen-bond acceptors (Lipinski definition) is 3. The van der Waals surface area contributed by atoms with E-state index in [2.05, 4.69) is 23.1 Å². The molecule has 1 aliphatic rings. The molecular weight excluding hydrogens is 248 g/mol. The first-order chi connectivity index (χ1) is 9.78. The second-order valence-corrected chi connectivity index (χ2v) is 5.19. The van der Waals surface area contributed by atoms with Gasteiger partial charge in [-0.3, -0.25) is 0 Å². The molecule has 0 amide bonds. The summed E-state index contributed by atoms with van der Waals surface area (Å²) in [6.07, 6.45) is 2.13. The van der Waals surface area contributed by atoms with Crippen molar-refractivity contribution in [3.8, 4) is 5.75 Å². The molecule has 1 aliphatic heterocycles. The summed E-state index contributed by atoms with van der Waals surface area (Å²) in [5, 5.41) is 0. The lowest BCUT2D eigenvalue weighted by molar-refractivity contribution is 0.414. The van der Waals surface area contributed by atoms with Crippen molar-refractivity contribution in [3.63, 3.8) is 0 Å². The normalized spacial score (nSPS) is 13.3. The quantitative estimate of drug-likeness (QED) is 0.867. The highest BCUT2D eigenvalue weighted by atomic mass is 16.5. The standard InChI is InChI=1S/C17H20N2O/c1-20-15-7-5-13(6-8-15)9-11-19-12-10-14-3-2-4-16(18)17(14)19/h2-8H,9-12,18H2,1H3. The van der Waals surface area contributed by atoms with Gasteiger partial charge in [-0.05, 0) is 42.2 Å². The van der Waals surface area contributed by atoms with Gasteiger partial charge in [-0.15, -0.1) is 0 Å². The van der Waals surface area contributed by atoms with E-state index >= 15 is 0 Å². The Balaban J connectivity index is 1.68. The topological polar surface area (TPSA) is 38.5 Å². The molecule has 0 bridgehead atoms. The maximum atomic E-state index is 6.11. The molecule has 0 saturated carbocycles. The van der Waals surface area contributed by atoms with E-state index in [1.54, 1.807) is 7.11 Å². The maximum absolute atomic E-state index is 6.11. The Morgan fingerprint density at radius 1 is 1.15 bits per heavy atom. The van der Waals surface area contributed by atoms with Crippen molar-refractivity contribution in [2.45, 2.75) is 12.8 Å². The van der Waals surface area contributed by atoms with Gasteiger partial charge in [-0.25, -0.2) is 0 Å². The zero-order valence-corrected chi connectivity index (χ0v) is 11.8. The maximum Gasteiger partial charge on any atom is 0.118 e. The van der Waals surface area contributed by atoms with Crippen LogP contribution in [0.5, 0.6) is 5.75 Å². The molecule has 0 radical (unpaired) electrons. The van der Waals surface area contributed by atoms with E-state index in [-0.39, 0.29) is 0 Å². The molecule has 0 aromatic heterocycles. The Hall–Kier alpha value is -2.16. The number of nitrogens with two attached hydrogens (primary N) is 1. The molecule has 0 aliphatic carbocycles. The number of methoxy groups -OCH3 is 1. The molecule has 0 unspecified atom stereocenters. The summed E-state index contributed by atoms with van der Waals surface area (Å²) in [5.74, 6) is 0.907. The van der Waals surface area contributed by atoms with Gasteiger partial charge in [0.05, 0.1) is 18.5 Å². The molecule has 20 heavy (non-hydrogen) atoms. The predicted molar refractivity (Wildman–Crippen MR) is 83.5 cm³/mol. The first kappa shape index (κ1) is 12.9. The Morgan fingerprint density at radius 2 is 1.95 bits per heavy atom. The fraction of sp³-hybridized carbons (Fsp3) is 0.294. The Labute approximate surface area is 120 Å². The monoisotopic (exact) mass is 268 g/mol. The second kappa shape index (κ2) is 5.45. The van der Waals surface area contributed by atoms with Crippen LogP contribution >= 0.6 is 0 Å². The van der Waals surface area contributed by atoms with Crippen LogP contribution in [0, 0.1) is 0 Å². The van der Waals surface area contributed by atoms with E-state index in [1.165, 1.54) is 16.8 Å². The van der Waals surface area contributed by atoms with Crippen LogP contribution in [-0.4, -0.2) is 20.2 Å². The highest BCUT2D eigenvalue weighted by Crippen LogP contribution is 2.33. The second-order valence-electron chi connectivity index (χ2n) is 5.19. The summed E-state index contributed by atoms with van der Waals surface area (Å²) in [6, 6.07) is 14.5.